The van der Waals surface area contributed by atoms with Crippen molar-refractivity contribution in [3.63, 3.8) is 0 Å². The van der Waals surface area contributed by atoms with Crippen LogP contribution in [0, 0.1) is 6.92 Å². The summed E-state index contributed by atoms with van der Waals surface area (Å²) in [5.41, 5.74) is 2.49. The van der Waals surface area contributed by atoms with Crippen molar-refractivity contribution < 1.29 is 14.2 Å². The van der Waals surface area contributed by atoms with Gasteiger partial charge < -0.3 is 19.5 Å². The highest BCUT2D eigenvalue weighted by atomic mass is 16.5. The maximum atomic E-state index is 6.00. The van der Waals surface area contributed by atoms with Gasteiger partial charge in [0.1, 0.15) is 0 Å². The summed E-state index contributed by atoms with van der Waals surface area (Å²) in [6, 6.07) is 8.55. The number of methoxy groups -OCH3 is 1. The molecule has 0 spiro atoms. The molecule has 0 saturated heterocycles. The lowest BCUT2D eigenvalue weighted by atomic mass is 10.1. The lowest BCUT2D eigenvalue weighted by molar-refractivity contribution is 0.0232. The third-order valence-electron chi connectivity index (χ3n) is 3.21. The van der Waals surface area contributed by atoms with Crippen molar-refractivity contribution in [2.45, 2.75) is 26.4 Å². The van der Waals surface area contributed by atoms with Gasteiger partial charge in [-0.15, -0.1) is 0 Å². The third-order valence-corrected chi connectivity index (χ3v) is 3.21. The van der Waals surface area contributed by atoms with Crippen LogP contribution in [-0.4, -0.2) is 46.6 Å². The first-order valence-corrected chi connectivity index (χ1v) is 7.73. The van der Waals surface area contributed by atoms with Crippen molar-refractivity contribution in [3.8, 4) is 0 Å². The van der Waals surface area contributed by atoms with Crippen LogP contribution < -0.4 is 5.32 Å². The summed E-state index contributed by atoms with van der Waals surface area (Å²) in [6.07, 6.45) is 1.00. The fourth-order valence-corrected chi connectivity index (χ4v) is 1.96. The molecule has 0 saturated carbocycles. The maximum Gasteiger partial charge on any atom is 0.0949 e. The molecule has 1 aromatic rings. The number of ether oxygens (including phenoxy) is 3. The Morgan fingerprint density at radius 3 is 2.48 bits per heavy atom. The molecular formula is C17H29NO3. The van der Waals surface area contributed by atoms with Gasteiger partial charge in [-0.1, -0.05) is 36.8 Å². The van der Waals surface area contributed by atoms with E-state index in [0.29, 0.717) is 26.4 Å². The van der Waals surface area contributed by atoms with Gasteiger partial charge in [-0.05, 0) is 25.5 Å². The molecule has 0 heterocycles. The highest BCUT2D eigenvalue weighted by Crippen LogP contribution is 2.17. The topological polar surface area (TPSA) is 39.7 Å². The number of nitrogens with one attached hydrogen (secondary N) is 1. The Balaban J connectivity index is 2.31. The maximum absolute atomic E-state index is 6.00. The smallest absolute Gasteiger partial charge is 0.0949 e. The van der Waals surface area contributed by atoms with Crippen LogP contribution in [0.4, 0.5) is 0 Å². The van der Waals surface area contributed by atoms with Crippen molar-refractivity contribution in [1.82, 2.24) is 5.32 Å². The zero-order chi connectivity index (χ0) is 15.3. The molecule has 1 N–H and O–H groups in total. The van der Waals surface area contributed by atoms with Crippen LogP contribution in [0.3, 0.4) is 0 Å². The molecule has 0 aromatic heterocycles. The molecule has 0 bridgehead atoms. The SMILES string of the molecule is CCNCC(OCCCOCCOC)c1ccc(C)cc1. The van der Waals surface area contributed by atoms with Gasteiger partial charge in [-0.25, -0.2) is 0 Å². The summed E-state index contributed by atoms with van der Waals surface area (Å²) < 4.78 is 16.4. The first kappa shape index (κ1) is 18.1. The molecule has 1 aromatic carbocycles. The summed E-state index contributed by atoms with van der Waals surface area (Å²) >= 11 is 0. The largest absolute Gasteiger partial charge is 0.382 e. The lowest BCUT2D eigenvalue weighted by Crippen LogP contribution is -2.23. The van der Waals surface area contributed by atoms with Crippen molar-refractivity contribution in [1.29, 1.82) is 0 Å². The van der Waals surface area contributed by atoms with Crippen LogP contribution in [0.1, 0.15) is 30.6 Å². The minimum absolute atomic E-state index is 0.101. The highest BCUT2D eigenvalue weighted by molar-refractivity contribution is 5.23. The Morgan fingerprint density at radius 1 is 1.05 bits per heavy atom. The Morgan fingerprint density at radius 2 is 1.81 bits per heavy atom. The highest BCUT2D eigenvalue weighted by Gasteiger charge is 2.11. The van der Waals surface area contributed by atoms with Crippen LogP contribution in [-0.2, 0) is 14.2 Å². The minimum atomic E-state index is 0.101. The fraction of sp³-hybridized carbons (Fsp3) is 0.647. The number of hydrogen-bond acceptors (Lipinski definition) is 4. The third kappa shape index (κ3) is 8.17. The number of hydrogen-bond donors (Lipinski definition) is 1. The molecule has 0 aliphatic carbocycles. The zero-order valence-corrected chi connectivity index (χ0v) is 13.6. The van der Waals surface area contributed by atoms with Gasteiger partial charge in [-0.3, -0.25) is 0 Å². The number of likely N-dealkylation sites (N-methyl/N-ethyl adjacent to an activating group) is 1. The molecule has 0 amide bonds. The van der Waals surface area contributed by atoms with Crippen LogP contribution in [0.5, 0.6) is 0 Å². The van der Waals surface area contributed by atoms with Crippen LogP contribution in [0.2, 0.25) is 0 Å². The van der Waals surface area contributed by atoms with Gasteiger partial charge >= 0.3 is 0 Å². The van der Waals surface area contributed by atoms with E-state index in [9.17, 15) is 0 Å². The first-order valence-electron chi connectivity index (χ1n) is 7.73. The Bertz CT molecular complexity index is 354. The molecule has 1 unspecified atom stereocenters. The van der Waals surface area contributed by atoms with Gasteiger partial charge in [0.15, 0.2) is 0 Å². The molecule has 1 atom stereocenters. The molecule has 0 aliphatic rings. The summed E-state index contributed by atoms with van der Waals surface area (Å²) in [6.45, 7) is 8.71. The molecular weight excluding hydrogens is 266 g/mol. The van der Waals surface area contributed by atoms with Gasteiger partial charge in [0, 0.05) is 26.9 Å². The van der Waals surface area contributed by atoms with E-state index >= 15 is 0 Å². The molecule has 21 heavy (non-hydrogen) atoms. The van der Waals surface area contributed by atoms with E-state index in [-0.39, 0.29) is 6.10 Å². The monoisotopic (exact) mass is 295 g/mol. The quantitative estimate of drug-likeness (QED) is 0.602. The van der Waals surface area contributed by atoms with E-state index in [0.717, 1.165) is 19.5 Å². The lowest BCUT2D eigenvalue weighted by Gasteiger charge is -2.19. The van der Waals surface area contributed by atoms with E-state index < -0.39 is 0 Å². The predicted octanol–water partition coefficient (Wildman–Crippen LogP) is 2.72. The summed E-state index contributed by atoms with van der Waals surface area (Å²) in [7, 11) is 1.68. The average molecular weight is 295 g/mol. The van der Waals surface area contributed by atoms with Crippen molar-refractivity contribution >= 4 is 0 Å². The van der Waals surface area contributed by atoms with Gasteiger partial charge in [-0.2, -0.15) is 0 Å². The van der Waals surface area contributed by atoms with E-state index in [2.05, 4.69) is 43.4 Å². The number of benzene rings is 1. The Kier molecular flexibility index (Phi) is 10.1. The van der Waals surface area contributed by atoms with Gasteiger partial charge in [0.25, 0.3) is 0 Å². The second-order valence-corrected chi connectivity index (χ2v) is 5.04. The summed E-state index contributed by atoms with van der Waals surface area (Å²) in [5, 5.41) is 3.36. The molecule has 1 rings (SSSR count). The second-order valence-electron chi connectivity index (χ2n) is 5.04. The summed E-state index contributed by atoms with van der Waals surface area (Å²) in [4.78, 5) is 0. The van der Waals surface area contributed by atoms with E-state index in [1.807, 2.05) is 0 Å². The molecule has 0 radical (unpaired) electrons. The van der Waals surface area contributed by atoms with Crippen molar-refractivity contribution in [2.24, 2.45) is 0 Å². The standard InChI is InChI=1S/C17H29NO3/c1-4-18-14-17(16-8-6-15(2)7-9-16)21-11-5-10-20-13-12-19-3/h6-9,17-18H,4-5,10-14H2,1-3H3. The van der Waals surface area contributed by atoms with E-state index in [1.54, 1.807) is 7.11 Å². The van der Waals surface area contributed by atoms with Crippen LogP contribution >= 0.6 is 0 Å². The van der Waals surface area contributed by atoms with Gasteiger partial charge in [0.2, 0.25) is 0 Å². The van der Waals surface area contributed by atoms with Crippen molar-refractivity contribution in [3.05, 3.63) is 35.4 Å². The Hall–Kier alpha value is -0.940. The molecule has 120 valence electrons. The average Bonchev–Trinajstić information content (AvgIpc) is 2.50. The predicted molar refractivity (Wildman–Crippen MR) is 85.7 cm³/mol. The zero-order valence-electron chi connectivity index (χ0n) is 13.6. The van der Waals surface area contributed by atoms with E-state index in [1.165, 1.54) is 11.1 Å². The van der Waals surface area contributed by atoms with Crippen LogP contribution in [0.15, 0.2) is 24.3 Å². The Labute approximate surface area is 128 Å². The van der Waals surface area contributed by atoms with Crippen molar-refractivity contribution in [2.75, 3.05) is 46.6 Å². The molecule has 0 aliphatic heterocycles. The van der Waals surface area contributed by atoms with Crippen LogP contribution in [0.25, 0.3) is 0 Å². The molecule has 4 nitrogen and oxygen atoms in total. The fourth-order valence-electron chi connectivity index (χ4n) is 1.96. The molecule has 0 fully saturated rings. The number of rotatable bonds is 12. The normalized spacial score (nSPS) is 12.5. The minimum Gasteiger partial charge on any atom is -0.382 e. The van der Waals surface area contributed by atoms with E-state index in [4.69, 9.17) is 14.2 Å². The molecule has 4 heteroatoms. The van der Waals surface area contributed by atoms with Gasteiger partial charge in [0.05, 0.1) is 19.3 Å². The first-order chi connectivity index (χ1) is 10.3. The summed E-state index contributed by atoms with van der Waals surface area (Å²) in [5.74, 6) is 0. The second kappa shape index (κ2) is 11.7. The number of aryl methyl sites for hydroxylation is 1.